The molecule has 0 radical (unpaired) electrons. The van der Waals surface area contributed by atoms with Gasteiger partial charge in [0.05, 0.1) is 24.3 Å². The van der Waals surface area contributed by atoms with E-state index in [9.17, 15) is 8.78 Å². The van der Waals surface area contributed by atoms with Crippen LogP contribution in [0.4, 0.5) is 14.6 Å². The lowest BCUT2D eigenvalue weighted by Crippen LogP contribution is -2.39. The summed E-state index contributed by atoms with van der Waals surface area (Å²) < 4.78 is 34.3. The summed E-state index contributed by atoms with van der Waals surface area (Å²) in [5.41, 5.74) is 1.19. The van der Waals surface area contributed by atoms with Gasteiger partial charge in [0.15, 0.2) is 5.65 Å². The van der Waals surface area contributed by atoms with E-state index in [4.69, 9.17) is 4.74 Å². The van der Waals surface area contributed by atoms with Crippen molar-refractivity contribution in [1.82, 2.24) is 20.2 Å². The van der Waals surface area contributed by atoms with Gasteiger partial charge in [0.1, 0.15) is 24.5 Å². The fraction of sp³-hybridized carbons (Fsp3) is 0.421. The Bertz CT molecular complexity index is 875. The van der Waals surface area contributed by atoms with Gasteiger partial charge in [-0.3, -0.25) is 5.10 Å². The molecule has 8 heteroatoms. The lowest BCUT2D eigenvalue weighted by atomic mass is 9.91. The Morgan fingerprint density at radius 1 is 1.22 bits per heavy atom. The topological polar surface area (TPSA) is 75.7 Å². The largest absolute Gasteiger partial charge is 0.372 e. The van der Waals surface area contributed by atoms with E-state index in [0.29, 0.717) is 23.4 Å². The van der Waals surface area contributed by atoms with Gasteiger partial charge >= 0.3 is 0 Å². The summed E-state index contributed by atoms with van der Waals surface area (Å²) in [6.07, 6.45) is 1.64. The minimum atomic E-state index is -1.25. The maximum absolute atomic E-state index is 14.6. The fourth-order valence-electron chi connectivity index (χ4n) is 3.45. The first-order valence-electron chi connectivity index (χ1n) is 9.06. The second-order valence-electron chi connectivity index (χ2n) is 6.77. The summed E-state index contributed by atoms with van der Waals surface area (Å²) in [5.74, 6) is 0.637. The number of aromatic amines is 1. The first-order chi connectivity index (χ1) is 13.2. The highest BCUT2D eigenvalue weighted by Gasteiger charge is 2.32. The number of alkyl halides is 2. The smallest absolute Gasteiger partial charge is 0.160 e. The molecule has 0 aliphatic heterocycles. The van der Waals surface area contributed by atoms with Gasteiger partial charge in [0.2, 0.25) is 0 Å². The zero-order valence-corrected chi connectivity index (χ0v) is 14.7. The van der Waals surface area contributed by atoms with E-state index in [1.807, 2.05) is 6.07 Å². The second-order valence-corrected chi connectivity index (χ2v) is 6.77. The van der Waals surface area contributed by atoms with Crippen molar-refractivity contribution in [2.45, 2.75) is 43.8 Å². The first-order valence-corrected chi connectivity index (χ1v) is 9.06. The number of aromatic nitrogens is 4. The molecule has 0 bridgehead atoms. The monoisotopic (exact) mass is 373 g/mol. The average molecular weight is 373 g/mol. The van der Waals surface area contributed by atoms with Gasteiger partial charge in [-0.05, 0) is 18.4 Å². The van der Waals surface area contributed by atoms with Crippen molar-refractivity contribution >= 4 is 16.9 Å². The van der Waals surface area contributed by atoms with Crippen molar-refractivity contribution in [3.8, 4) is 0 Å². The maximum Gasteiger partial charge on any atom is 0.160 e. The van der Waals surface area contributed by atoms with E-state index in [-0.39, 0.29) is 19.1 Å². The fourth-order valence-corrected chi connectivity index (χ4v) is 3.45. The van der Waals surface area contributed by atoms with E-state index in [1.165, 1.54) is 6.33 Å². The van der Waals surface area contributed by atoms with Crippen LogP contribution in [-0.4, -0.2) is 45.1 Å². The Hall–Kier alpha value is -2.61. The van der Waals surface area contributed by atoms with E-state index in [0.717, 1.165) is 11.8 Å². The molecular formula is C19H21F2N5O. The number of hydrogen-bond acceptors (Lipinski definition) is 5. The summed E-state index contributed by atoms with van der Waals surface area (Å²) >= 11 is 0. The van der Waals surface area contributed by atoms with Crippen LogP contribution in [0.3, 0.4) is 0 Å². The molecule has 1 aliphatic rings. The molecule has 2 N–H and O–H groups in total. The quantitative estimate of drug-likeness (QED) is 0.688. The van der Waals surface area contributed by atoms with Crippen LogP contribution in [-0.2, 0) is 4.74 Å². The van der Waals surface area contributed by atoms with Gasteiger partial charge in [0.25, 0.3) is 0 Å². The first kappa shape index (κ1) is 17.8. The number of halogens is 2. The van der Waals surface area contributed by atoms with Gasteiger partial charge in [-0.25, -0.2) is 18.7 Å². The number of ether oxygens (including phenoxy) is 1. The van der Waals surface area contributed by atoms with Gasteiger partial charge in [-0.1, -0.05) is 30.3 Å². The molecule has 3 aromatic rings. The minimum Gasteiger partial charge on any atom is -0.372 e. The molecule has 4 atom stereocenters. The van der Waals surface area contributed by atoms with Crippen molar-refractivity contribution in [3.63, 3.8) is 0 Å². The van der Waals surface area contributed by atoms with Crippen LogP contribution >= 0.6 is 0 Å². The van der Waals surface area contributed by atoms with Gasteiger partial charge in [-0.2, -0.15) is 5.10 Å². The molecule has 4 rings (SSSR count). The molecule has 0 amide bonds. The van der Waals surface area contributed by atoms with Gasteiger partial charge in [-0.15, -0.1) is 0 Å². The third kappa shape index (κ3) is 4.05. The Labute approximate surface area is 155 Å². The molecule has 6 nitrogen and oxygen atoms in total. The lowest BCUT2D eigenvalue weighted by molar-refractivity contribution is -0.0455. The Morgan fingerprint density at radius 2 is 2.07 bits per heavy atom. The van der Waals surface area contributed by atoms with E-state index >= 15 is 0 Å². The van der Waals surface area contributed by atoms with E-state index in [2.05, 4.69) is 25.5 Å². The molecule has 2 heterocycles. The molecule has 0 saturated heterocycles. The number of hydrogen-bond donors (Lipinski definition) is 2. The molecule has 1 fully saturated rings. The number of nitrogens with zero attached hydrogens (tertiary/aromatic N) is 3. The second kappa shape index (κ2) is 7.96. The van der Waals surface area contributed by atoms with Crippen LogP contribution in [0.2, 0.25) is 0 Å². The molecular weight excluding hydrogens is 352 g/mol. The number of anilines is 1. The standard InChI is InChI=1S/C19H21F2N5O/c20-15-8-13(25-18-14-9-24-26-19(14)23-11-22-18)6-7-17(15)27-10-16(21)12-4-2-1-3-5-12/h1-5,9,11,13,15-17H,6-8,10H2,(H2,22,23,24,25,26)/t13-,15-,16+,17-/m0/s1. The van der Waals surface area contributed by atoms with Crippen molar-refractivity contribution in [3.05, 3.63) is 48.4 Å². The van der Waals surface area contributed by atoms with E-state index in [1.54, 1.807) is 30.5 Å². The van der Waals surface area contributed by atoms with Crippen LogP contribution in [0, 0.1) is 0 Å². The normalized spacial score (nSPS) is 24.0. The summed E-state index contributed by atoms with van der Waals surface area (Å²) in [4.78, 5) is 8.31. The molecule has 27 heavy (non-hydrogen) atoms. The predicted molar refractivity (Wildman–Crippen MR) is 97.9 cm³/mol. The molecule has 0 spiro atoms. The molecule has 142 valence electrons. The molecule has 1 aliphatic carbocycles. The zero-order chi connectivity index (χ0) is 18.6. The SMILES string of the molecule is F[C@H](CO[C@H]1CC[C@H](Nc2ncnc3[nH]ncc23)C[C@@H]1F)c1ccccc1. The third-order valence-corrected chi connectivity index (χ3v) is 4.92. The number of H-pyrrole nitrogens is 1. The van der Waals surface area contributed by atoms with Crippen molar-refractivity contribution < 1.29 is 13.5 Å². The molecule has 2 aromatic heterocycles. The van der Waals surface area contributed by atoms with E-state index < -0.39 is 18.4 Å². The maximum atomic E-state index is 14.6. The number of rotatable bonds is 6. The Balaban J connectivity index is 1.31. The van der Waals surface area contributed by atoms with Crippen LogP contribution in [0.25, 0.3) is 11.0 Å². The molecule has 1 saturated carbocycles. The van der Waals surface area contributed by atoms with Crippen molar-refractivity contribution in [2.24, 2.45) is 0 Å². The summed E-state index contributed by atoms with van der Waals surface area (Å²) in [7, 11) is 0. The summed E-state index contributed by atoms with van der Waals surface area (Å²) in [5, 5.41) is 10.8. The highest BCUT2D eigenvalue weighted by Crippen LogP contribution is 2.29. The highest BCUT2D eigenvalue weighted by molar-refractivity contribution is 5.85. The highest BCUT2D eigenvalue weighted by atomic mass is 19.1. The Kier molecular flexibility index (Phi) is 5.24. The number of nitrogens with one attached hydrogen (secondary N) is 2. The predicted octanol–water partition coefficient (Wildman–Crippen LogP) is 3.75. The average Bonchev–Trinajstić information content (AvgIpc) is 3.18. The van der Waals surface area contributed by atoms with Crippen LogP contribution in [0.15, 0.2) is 42.9 Å². The van der Waals surface area contributed by atoms with Crippen LogP contribution in [0.5, 0.6) is 0 Å². The van der Waals surface area contributed by atoms with Crippen molar-refractivity contribution in [2.75, 3.05) is 11.9 Å². The number of benzene rings is 1. The third-order valence-electron chi connectivity index (χ3n) is 4.92. The number of fused-ring (bicyclic) bond motifs is 1. The molecule has 1 aromatic carbocycles. The zero-order valence-electron chi connectivity index (χ0n) is 14.7. The Morgan fingerprint density at radius 3 is 2.89 bits per heavy atom. The lowest BCUT2D eigenvalue weighted by Gasteiger charge is -2.32. The van der Waals surface area contributed by atoms with Crippen molar-refractivity contribution in [1.29, 1.82) is 0 Å². The minimum absolute atomic E-state index is 0.0665. The molecule has 0 unspecified atom stereocenters. The van der Waals surface area contributed by atoms with Crippen LogP contribution < -0.4 is 5.32 Å². The summed E-state index contributed by atoms with van der Waals surface area (Å²) in [6, 6.07) is 8.74. The summed E-state index contributed by atoms with van der Waals surface area (Å²) in [6.45, 7) is -0.130. The van der Waals surface area contributed by atoms with Gasteiger partial charge < -0.3 is 10.1 Å². The van der Waals surface area contributed by atoms with Gasteiger partial charge in [0, 0.05) is 12.5 Å². The van der Waals surface area contributed by atoms with Crippen LogP contribution in [0.1, 0.15) is 31.0 Å².